The molecule has 3 heterocycles. The van der Waals surface area contributed by atoms with E-state index < -0.39 is 0 Å². The lowest BCUT2D eigenvalue weighted by molar-refractivity contribution is 0.0692. The van der Waals surface area contributed by atoms with Crippen molar-refractivity contribution >= 4 is 69.6 Å². The van der Waals surface area contributed by atoms with Crippen molar-refractivity contribution in [3.8, 4) is 0 Å². The summed E-state index contributed by atoms with van der Waals surface area (Å²) < 4.78 is 0. The topological polar surface area (TPSA) is 62.3 Å². The summed E-state index contributed by atoms with van der Waals surface area (Å²) in [7, 11) is 0. The summed E-state index contributed by atoms with van der Waals surface area (Å²) in [4.78, 5) is 30.4. The van der Waals surface area contributed by atoms with Crippen LogP contribution in [0.3, 0.4) is 0 Å². The van der Waals surface area contributed by atoms with Gasteiger partial charge in [0, 0.05) is 30.1 Å². The lowest BCUT2D eigenvalue weighted by Gasteiger charge is -2.32. The van der Waals surface area contributed by atoms with Crippen LogP contribution in [0, 0.1) is 0 Å². The molecule has 5 nitrogen and oxygen atoms in total. The summed E-state index contributed by atoms with van der Waals surface area (Å²) in [5.41, 5.74) is 0.627. The molecule has 0 atom stereocenters. The molecule has 0 saturated carbocycles. The first-order valence-corrected chi connectivity index (χ1v) is 10.2. The Labute approximate surface area is 174 Å². The van der Waals surface area contributed by atoms with E-state index in [1.54, 1.807) is 16.3 Å². The van der Waals surface area contributed by atoms with E-state index in [1.807, 2.05) is 5.38 Å². The first-order valence-electron chi connectivity index (χ1n) is 7.70. The SMILES string of the molecule is O=C(NC1CCN(C(=O)c2nc(Cl)c(Cl)c(Cl)c2Cl)CC1)c1ccsc1. The van der Waals surface area contributed by atoms with Gasteiger partial charge in [-0.1, -0.05) is 46.4 Å². The maximum atomic E-state index is 12.7. The van der Waals surface area contributed by atoms with Gasteiger partial charge in [0.15, 0.2) is 0 Å². The van der Waals surface area contributed by atoms with Crippen LogP contribution >= 0.6 is 57.7 Å². The van der Waals surface area contributed by atoms with Gasteiger partial charge >= 0.3 is 0 Å². The van der Waals surface area contributed by atoms with Gasteiger partial charge < -0.3 is 10.2 Å². The Morgan fingerprint density at radius 2 is 1.81 bits per heavy atom. The number of hydrogen-bond acceptors (Lipinski definition) is 4. The van der Waals surface area contributed by atoms with Crippen LogP contribution in [0.15, 0.2) is 16.8 Å². The Morgan fingerprint density at radius 1 is 1.12 bits per heavy atom. The van der Waals surface area contributed by atoms with E-state index in [0.29, 0.717) is 31.5 Å². The van der Waals surface area contributed by atoms with Gasteiger partial charge in [0.05, 0.1) is 15.1 Å². The minimum atomic E-state index is -0.363. The maximum Gasteiger partial charge on any atom is 0.274 e. The first kappa shape index (κ1) is 19.7. The average molecular weight is 453 g/mol. The van der Waals surface area contributed by atoms with Crippen molar-refractivity contribution in [2.45, 2.75) is 18.9 Å². The number of aromatic nitrogens is 1. The minimum Gasteiger partial charge on any atom is -0.349 e. The molecule has 1 N–H and O–H groups in total. The quantitative estimate of drug-likeness (QED) is 0.680. The third kappa shape index (κ3) is 4.10. The van der Waals surface area contributed by atoms with E-state index in [1.165, 1.54) is 11.3 Å². The molecular weight excluding hydrogens is 440 g/mol. The molecular formula is C16H13Cl4N3O2S. The number of amides is 2. The highest BCUT2D eigenvalue weighted by Crippen LogP contribution is 2.36. The number of pyridine rings is 1. The Balaban J connectivity index is 1.63. The average Bonchev–Trinajstić information content (AvgIpc) is 3.18. The molecule has 3 rings (SSSR count). The summed E-state index contributed by atoms with van der Waals surface area (Å²) in [6.07, 6.45) is 1.27. The highest BCUT2D eigenvalue weighted by Gasteiger charge is 2.28. The van der Waals surface area contributed by atoms with Gasteiger partial charge in [-0.2, -0.15) is 11.3 Å². The van der Waals surface area contributed by atoms with Crippen LogP contribution in [-0.4, -0.2) is 40.8 Å². The number of nitrogens with zero attached hydrogens (tertiary/aromatic N) is 2. The number of hydrogen-bond donors (Lipinski definition) is 1. The standard InChI is InChI=1S/C16H13Cl4N3O2S/c17-10-11(18)13(22-14(20)12(10)19)16(25)23-4-1-9(2-5-23)21-15(24)8-3-6-26-7-8/h3,6-7,9H,1-2,4-5H2,(H,21,24). The number of nitrogens with one attached hydrogen (secondary N) is 1. The predicted octanol–water partition coefficient (Wildman–Crippen LogP) is 4.79. The number of carbonyl (C=O) groups is 2. The number of halogens is 4. The molecule has 0 aromatic carbocycles. The van der Waals surface area contributed by atoms with Gasteiger partial charge in [0.1, 0.15) is 10.8 Å². The van der Waals surface area contributed by atoms with Gasteiger partial charge in [-0.05, 0) is 24.3 Å². The summed E-state index contributed by atoms with van der Waals surface area (Å²) in [5.74, 6) is -0.463. The Morgan fingerprint density at radius 3 is 2.42 bits per heavy atom. The van der Waals surface area contributed by atoms with Crippen LogP contribution in [0.5, 0.6) is 0 Å². The molecule has 26 heavy (non-hydrogen) atoms. The van der Waals surface area contributed by atoms with E-state index in [9.17, 15) is 9.59 Å². The Kier molecular flexibility index (Phi) is 6.30. The second-order valence-corrected chi connectivity index (χ2v) is 8.02. The second-order valence-electron chi connectivity index (χ2n) is 5.75. The van der Waals surface area contributed by atoms with E-state index in [-0.39, 0.29) is 43.8 Å². The van der Waals surface area contributed by atoms with Crippen molar-refractivity contribution < 1.29 is 9.59 Å². The lowest BCUT2D eigenvalue weighted by atomic mass is 10.0. The highest BCUT2D eigenvalue weighted by molar-refractivity contribution is 7.08. The first-order chi connectivity index (χ1) is 12.4. The van der Waals surface area contributed by atoms with Crippen LogP contribution in [0.4, 0.5) is 0 Å². The molecule has 0 bridgehead atoms. The molecule has 10 heteroatoms. The fourth-order valence-corrected chi connectivity index (χ4v) is 4.11. The van der Waals surface area contributed by atoms with Crippen molar-refractivity contribution in [1.82, 2.24) is 15.2 Å². The molecule has 0 aliphatic carbocycles. The molecule has 0 radical (unpaired) electrons. The number of likely N-dealkylation sites (tertiary alicyclic amines) is 1. The summed E-state index contributed by atoms with van der Waals surface area (Å²) in [6.45, 7) is 0.923. The normalized spacial score (nSPS) is 15.2. The largest absolute Gasteiger partial charge is 0.349 e. The zero-order valence-electron chi connectivity index (χ0n) is 13.3. The van der Waals surface area contributed by atoms with Crippen molar-refractivity contribution in [2.75, 3.05) is 13.1 Å². The molecule has 1 aliphatic rings. The molecule has 138 valence electrons. The van der Waals surface area contributed by atoms with Crippen LogP contribution in [0.25, 0.3) is 0 Å². The van der Waals surface area contributed by atoms with Gasteiger partial charge in [0.25, 0.3) is 11.8 Å². The third-order valence-corrected chi connectivity index (χ3v) is 6.45. The third-order valence-electron chi connectivity index (χ3n) is 4.09. The Bertz CT molecular complexity index is 837. The lowest BCUT2D eigenvalue weighted by Crippen LogP contribution is -2.46. The van der Waals surface area contributed by atoms with Crippen molar-refractivity contribution in [1.29, 1.82) is 0 Å². The molecule has 0 unspecified atom stereocenters. The van der Waals surface area contributed by atoms with E-state index in [4.69, 9.17) is 46.4 Å². The van der Waals surface area contributed by atoms with E-state index in [0.717, 1.165) is 0 Å². The number of rotatable bonds is 3. The minimum absolute atomic E-state index is 0.00674. The van der Waals surface area contributed by atoms with E-state index >= 15 is 0 Å². The van der Waals surface area contributed by atoms with Crippen LogP contribution < -0.4 is 5.32 Å². The van der Waals surface area contributed by atoms with Gasteiger partial charge in [-0.3, -0.25) is 9.59 Å². The fraction of sp³-hybridized carbons (Fsp3) is 0.312. The maximum absolute atomic E-state index is 12.7. The van der Waals surface area contributed by atoms with Crippen LogP contribution in [0.2, 0.25) is 20.2 Å². The van der Waals surface area contributed by atoms with Gasteiger partial charge in [0.2, 0.25) is 0 Å². The van der Waals surface area contributed by atoms with Crippen LogP contribution in [-0.2, 0) is 0 Å². The molecule has 2 amide bonds. The van der Waals surface area contributed by atoms with Crippen molar-refractivity contribution in [3.63, 3.8) is 0 Å². The van der Waals surface area contributed by atoms with Gasteiger partial charge in [-0.15, -0.1) is 0 Å². The number of thiophene rings is 1. The number of carbonyl (C=O) groups excluding carboxylic acids is 2. The van der Waals surface area contributed by atoms with Gasteiger partial charge in [-0.25, -0.2) is 4.98 Å². The zero-order chi connectivity index (χ0) is 18.8. The Hall–Kier alpha value is -1.05. The molecule has 1 saturated heterocycles. The monoisotopic (exact) mass is 451 g/mol. The van der Waals surface area contributed by atoms with Crippen LogP contribution in [0.1, 0.15) is 33.7 Å². The number of piperidine rings is 1. The summed E-state index contributed by atoms with van der Waals surface area (Å²) in [5, 5.41) is 6.59. The fourth-order valence-electron chi connectivity index (χ4n) is 2.67. The smallest absolute Gasteiger partial charge is 0.274 e. The highest BCUT2D eigenvalue weighted by atomic mass is 35.5. The van der Waals surface area contributed by atoms with Crippen molar-refractivity contribution in [3.05, 3.63) is 48.3 Å². The predicted molar refractivity (Wildman–Crippen MR) is 105 cm³/mol. The van der Waals surface area contributed by atoms with Crippen molar-refractivity contribution in [2.24, 2.45) is 0 Å². The molecule has 1 fully saturated rings. The summed E-state index contributed by atoms with van der Waals surface area (Å²) in [6, 6.07) is 1.78. The zero-order valence-corrected chi connectivity index (χ0v) is 17.1. The molecule has 2 aromatic rings. The second kappa shape index (κ2) is 8.31. The molecule has 1 aliphatic heterocycles. The molecule has 0 spiro atoms. The molecule has 2 aromatic heterocycles. The summed E-state index contributed by atoms with van der Waals surface area (Å²) >= 11 is 25.3. The van der Waals surface area contributed by atoms with E-state index in [2.05, 4.69) is 10.3 Å².